The highest BCUT2D eigenvalue weighted by atomic mass is 35.5. The molecule has 3 aromatic carbocycles. The summed E-state index contributed by atoms with van der Waals surface area (Å²) >= 11 is 6.15. The second-order valence-electron chi connectivity index (χ2n) is 7.48. The maximum absolute atomic E-state index is 13.4. The van der Waals surface area contributed by atoms with Crippen molar-refractivity contribution in [3.05, 3.63) is 95.3 Å². The molecule has 4 rings (SSSR count). The van der Waals surface area contributed by atoms with Gasteiger partial charge < -0.3 is 4.90 Å². The first-order valence-electron chi connectivity index (χ1n) is 10.1. The molecule has 33 heavy (non-hydrogen) atoms. The van der Waals surface area contributed by atoms with Gasteiger partial charge in [-0.2, -0.15) is 0 Å². The third-order valence-electron chi connectivity index (χ3n) is 5.39. The molecule has 1 aromatic heterocycles. The molecule has 1 heterocycles. The Labute approximate surface area is 197 Å². The van der Waals surface area contributed by atoms with E-state index in [1.165, 1.54) is 30.6 Å². The lowest BCUT2D eigenvalue weighted by Crippen LogP contribution is -2.30. The van der Waals surface area contributed by atoms with Crippen LogP contribution in [0, 0.1) is 0 Å². The van der Waals surface area contributed by atoms with Crippen LogP contribution in [-0.4, -0.2) is 36.2 Å². The average Bonchev–Trinajstić information content (AvgIpc) is 2.82. The summed E-state index contributed by atoms with van der Waals surface area (Å²) in [4.78, 5) is 23.2. The second kappa shape index (κ2) is 9.17. The zero-order valence-corrected chi connectivity index (χ0v) is 19.5. The average molecular weight is 481 g/mol. The molecule has 0 bridgehead atoms. The summed E-state index contributed by atoms with van der Waals surface area (Å²) in [6.45, 7) is 1.90. The Morgan fingerprint density at radius 1 is 1.00 bits per heavy atom. The van der Waals surface area contributed by atoms with Crippen molar-refractivity contribution in [2.45, 2.75) is 17.9 Å². The van der Waals surface area contributed by atoms with Gasteiger partial charge in [0.1, 0.15) is 10.4 Å². The smallest absolute Gasteiger partial charge is 0.264 e. The molecule has 1 atom stereocenters. The minimum Gasteiger partial charge on any atom is -0.335 e. The second-order valence-corrected chi connectivity index (χ2v) is 9.57. The molecule has 9 heteroatoms. The predicted octanol–water partition coefficient (Wildman–Crippen LogP) is 4.92. The van der Waals surface area contributed by atoms with E-state index in [2.05, 4.69) is 14.7 Å². The highest BCUT2D eigenvalue weighted by Gasteiger charge is 2.25. The number of halogens is 1. The van der Waals surface area contributed by atoms with Gasteiger partial charge in [0.05, 0.1) is 22.8 Å². The lowest BCUT2D eigenvalue weighted by atomic mass is 10.1. The van der Waals surface area contributed by atoms with E-state index in [0.29, 0.717) is 10.5 Å². The summed E-state index contributed by atoms with van der Waals surface area (Å²) in [5, 5.41) is 0.292. The van der Waals surface area contributed by atoms with E-state index in [4.69, 9.17) is 11.6 Å². The Hall–Kier alpha value is -3.49. The van der Waals surface area contributed by atoms with Gasteiger partial charge >= 0.3 is 0 Å². The van der Waals surface area contributed by atoms with Crippen LogP contribution in [0.1, 0.15) is 28.9 Å². The van der Waals surface area contributed by atoms with Gasteiger partial charge in [-0.15, -0.1) is 0 Å². The number of nitrogens with one attached hydrogen (secondary N) is 1. The van der Waals surface area contributed by atoms with Crippen molar-refractivity contribution in [1.82, 2.24) is 14.9 Å². The number of anilines is 1. The largest absolute Gasteiger partial charge is 0.335 e. The lowest BCUT2D eigenvalue weighted by molar-refractivity contribution is 0.0743. The van der Waals surface area contributed by atoms with Crippen LogP contribution in [0.5, 0.6) is 0 Å². The molecule has 1 N–H and O–H groups in total. The SMILES string of the molecule is C[C@H](c1ccccc1)N(C)C(=O)c1ccc(Cl)cc1NS(=O)(=O)c1cccc2nccnc12. The zero-order chi connectivity index (χ0) is 23.6. The number of carbonyl (C=O) groups excluding carboxylic acids is 1. The maximum Gasteiger partial charge on any atom is 0.264 e. The van der Waals surface area contributed by atoms with Crippen molar-refractivity contribution in [2.24, 2.45) is 0 Å². The van der Waals surface area contributed by atoms with Crippen molar-refractivity contribution >= 4 is 44.3 Å². The van der Waals surface area contributed by atoms with Crippen molar-refractivity contribution in [1.29, 1.82) is 0 Å². The molecule has 0 saturated heterocycles. The Bertz CT molecular complexity index is 1420. The molecular weight excluding hydrogens is 460 g/mol. The molecule has 0 fully saturated rings. The fourth-order valence-electron chi connectivity index (χ4n) is 3.49. The zero-order valence-electron chi connectivity index (χ0n) is 17.9. The van der Waals surface area contributed by atoms with Crippen LogP contribution in [-0.2, 0) is 10.0 Å². The van der Waals surface area contributed by atoms with Crippen LogP contribution in [0.4, 0.5) is 5.69 Å². The Morgan fingerprint density at radius 3 is 2.48 bits per heavy atom. The molecule has 4 aromatic rings. The molecule has 0 radical (unpaired) electrons. The van der Waals surface area contributed by atoms with Gasteiger partial charge in [0.25, 0.3) is 15.9 Å². The van der Waals surface area contributed by atoms with Gasteiger partial charge in [0.2, 0.25) is 0 Å². The number of amides is 1. The van der Waals surface area contributed by atoms with E-state index in [9.17, 15) is 13.2 Å². The number of nitrogens with zero attached hydrogens (tertiary/aromatic N) is 3. The number of carbonyl (C=O) groups is 1. The van der Waals surface area contributed by atoms with E-state index in [1.807, 2.05) is 37.3 Å². The minimum absolute atomic E-state index is 0.0440. The van der Waals surface area contributed by atoms with Gasteiger partial charge in [0, 0.05) is 24.5 Å². The van der Waals surface area contributed by atoms with Crippen molar-refractivity contribution in [3.8, 4) is 0 Å². The van der Waals surface area contributed by atoms with Crippen molar-refractivity contribution < 1.29 is 13.2 Å². The number of sulfonamides is 1. The van der Waals surface area contributed by atoms with Gasteiger partial charge in [-0.3, -0.25) is 19.5 Å². The first-order valence-corrected chi connectivity index (χ1v) is 12.0. The standard InChI is InChI=1S/C24H21ClN4O3S/c1-16(17-7-4-3-5-8-17)29(2)24(30)19-12-11-18(25)15-21(19)28-33(31,32)22-10-6-9-20-23(22)27-14-13-26-20/h3-16,28H,1-2H3/t16-/m1/s1. The molecule has 0 aliphatic carbocycles. The number of para-hydroxylation sites is 1. The molecule has 168 valence electrons. The Balaban J connectivity index is 1.71. The van der Waals surface area contributed by atoms with Crippen LogP contribution in [0.2, 0.25) is 5.02 Å². The van der Waals surface area contributed by atoms with Gasteiger partial charge in [-0.1, -0.05) is 48.0 Å². The van der Waals surface area contributed by atoms with Crippen molar-refractivity contribution in [2.75, 3.05) is 11.8 Å². The third-order valence-corrected chi connectivity index (χ3v) is 7.02. The molecule has 0 aliphatic rings. The summed E-state index contributed by atoms with van der Waals surface area (Å²) in [6.07, 6.45) is 2.92. The van der Waals surface area contributed by atoms with Crippen molar-refractivity contribution in [3.63, 3.8) is 0 Å². The number of hydrogen-bond donors (Lipinski definition) is 1. The van der Waals surface area contributed by atoms with E-state index in [0.717, 1.165) is 5.56 Å². The Morgan fingerprint density at radius 2 is 1.73 bits per heavy atom. The summed E-state index contributed by atoms with van der Waals surface area (Å²) in [7, 11) is -2.42. The number of benzene rings is 3. The molecule has 7 nitrogen and oxygen atoms in total. The third kappa shape index (κ3) is 4.67. The summed E-state index contributed by atoms with van der Waals surface area (Å²) in [5.74, 6) is -0.349. The minimum atomic E-state index is -4.09. The molecular formula is C24H21ClN4O3S. The number of rotatable bonds is 6. The van der Waals surface area contributed by atoms with E-state index >= 15 is 0 Å². The number of aromatic nitrogens is 2. The highest BCUT2D eigenvalue weighted by Crippen LogP contribution is 2.29. The predicted molar refractivity (Wildman–Crippen MR) is 129 cm³/mol. The molecule has 0 spiro atoms. The van der Waals surface area contributed by atoms with E-state index in [1.54, 1.807) is 30.1 Å². The van der Waals surface area contributed by atoms with Gasteiger partial charge in [-0.25, -0.2) is 8.42 Å². The molecule has 0 saturated carbocycles. The maximum atomic E-state index is 13.4. The first kappa shape index (κ1) is 22.7. The quantitative estimate of drug-likeness (QED) is 0.423. The lowest BCUT2D eigenvalue weighted by Gasteiger charge is -2.26. The fraction of sp³-hybridized carbons (Fsp3) is 0.125. The van der Waals surface area contributed by atoms with Crippen LogP contribution >= 0.6 is 11.6 Å². The van der Waals surface area contributed by atoms with Crippen LogP contribution in [0.15, 0.2) is 84.0 Å². The van der Waals surface area contributed by atoms with Crippen LogP contribution in [0.3, 0.4) is 0 Å². The number of hydrogen-bond acceptors (Lipinski definition) is 5. The normalized spacial score (nSPS) is 12.3. The monoisotopic (exact) mass is 480 g/mol. The van der Waals surface area contributed by atoms with Gasteiger partial charge in [0.15, 0.2) is 0 Å². The van der Waals surface area contributed by atoms with E-state index < -0.39 is 10.0 Å². The van der Waals surface area contributed by atoms with Gasteiger partial charge in [-0.05, 0) is 42.8 Å². The summed E-state index contributed by atoms with van der Waals surface area (Å²) in [5.41, 5.74) is 1.90. The van der Waals surface area contributed by atoms with Crippen LogP contribution in [0.25, 0.3) is 11.0 Å². The first-order chi connectivity index (χ1) is 15.8. The van der Waals surface area contributed by atoms with Crippen LogP contribution < -0.4 is 4.72 Å². The summed E-state index contributed by atoms with van der Waals surface area (Å²) in [6, 6.07) is 18.5. The molecule has 1 amide bonds. The Kier molecular flexibility index (Phi) is 6.31. The highest BCUT2D eigenvalue weighted by molar-refractivity contribution is 7.93. The fourth-order valence-corrected chi connectivity index (χ4v) is 4.90. The summed E-state index contributed by atoms with van der Waals surface area (Å²) < 4.78 is 29.1. The number of fused-ring (bicyclic) bond motifs is 1. The van der Waals surface area contributed by atoms with E-state index in [-0.39, 0.29) is 33.6 Å². The molecule has 0 aliphatic heterocycles. The topological polar surface area (TPSA) is 92.3 Å². The molecule has 0 unspecified atom stereocenters.